The van der Waals surface area contributed by atoms with Gasteiger partial charge in [-0.25, -0.2) is 4.39 Å². The van der Waals surface area contributed by atoms with Crippen LogP contribution in [0.2, 0.25) is 0 Å². The molecule has 0 aliphatic carbocycles. The van der Waals surface area contributed by atoms with E-state index in [-0.39, 0.29) is 5.82 Å². The predicted molar refractivity (Wildman–Crippen MR) is 83.2 cm³/mol. The molecule has 20 heavy (non-hydrogen) atoms. The van der Waals surface area contributed by atoms with E-state index < -0.39 is 0 Å². The van der Waals surface area contributed by atoms with E-state index in [4.69, 9.17) is 5.73 Å². The largest absolute Gasteiger partial charge is 0.396 e. The Labute approximate surface area is 128 Å². The van der Waals surface area contributed by atoms with Crippen LogP contribution in [0.4, 0.5) is 10.1 Å². The van der Waals surface area contributed by atoms with Crippen LogP contribution in [0.15, 0.2) is 46.4 Å². The average molecular weight is 352 g/mol. The highest BCUT2D eigenvalue weighted by atomic mass is 79.9. The molecule has 0 spiro atoms. The molecule has 0 amide bonds. The molecule has 3 rings (SSSR count). The molecule has 6 heteroatoms. The lowest BCUT2D eigenvalue weighted by atomic mass is 10.2. The number of aromatic nitrogens is 2. The van der Waals surface area contributed by atoms with Crippen molar-refractivity contribution < 1.29 is 4.39 Å². The maximum absolute atomic E-state index is 12.9. The zero-order chi connectivity index (χ0) is 14.1. The van der Waals surface area contributed by atoms with Gasteiger partial charge >= 0.3 is 0 Å². The quantitative estimate of drug-likeness (QED) is 0.770. The molecule has 0 saturated carbocycles. The first-order valence-electron chi connectivity index (χ1n) is 5.95. The van der Waals surface area contributed by atoms with Crippen molar-refractivity contribution in [3.8, 4) is 10.6 Å². The summed E-state index contributed by atoms with van der Waals surface area (Å²) in [6, 6.07) is 10.3. The van der Waals surface area contributed by atoms with Gasteiger partial charge in [-0.15, -0.1) is 11.3 Å². The second-order valence-corrected chi connectivity index (χ2v) is 6.82. The van der Waals surface area contributed by atoms with Crippen molar-refractivity contribution in [3.05, 3.63) is 57.8 Å². The maximum Gasteiger partial charge on any atom is 0.125 e. The van der Waals surface area contributed by atoms with Crippen LogP contribution in [0.5, 0.6) is 0 Å². The molecule has 0 aliphatic heterocycles. The first-order chi connectivity index (χ1) is 9.61. The van der Waals surface area contributed by atoms with E-state index in [1.54, 1.807) is 34.3 Å². The summed E-state index contributed by atoms with van der Waals surface area (Å²) < 4.78 is 15.7. The lowest BCUT2D eigenvalue weighted by Crippen LogP contribution is -2.00. The average Bonchev–Trinajstić information content (AvgIpc) is 2.98. The maximum atomic E-state index is 12.9. The molecule has 0 aliphatic rings. The van der Waals surface area contributed by atoms with E-state index in [0.717, 1.165) is 19.9 Å². The lowest BCUT2D eigenvalue weighted by molar-refractivity contribution is 0.624. The molecule has 1 aromatic carbocycles. The number of hydrogen-bond donors (Lipinski definition) is 1. The minimum absolute atomic E-state index is 0.238. The van der Waals surface area contributed by atoms with Crippen LogP contribution in [0.1, 0.15) is 5.56 Å². The summed E-state index contributed by atoms with van der Waals surface area (Å²) in [4.78, 5) is 1.02. The molecule has 0 unspecified atom stereocenters. The Morgan fingerprint density at radius 1 is 1.20 bits per heavy atom. The molecule has 3 nitrogen and oxygen atoms in total. The standard InChI is InChI=1S/C14H11BrFN3S/c15-13-6-5-12(20-13)14-11(17)8-19(18-14)7-9-1-3-10(16)4-2-9/h1-6,8H,7,17H2. The van der Waals surface area contributed by atoms with E-state index in [1.807, 2.05) is 12.1 Å². The molecular formula is C14H11BrFN3S. The molecule has 0 saturated heterocycles. The Hall–Kier alpha value is -1.66. The number of rotatable bonds is 3. The number of nitrogen functional groups attached to an aromatic ring is 1. The SMILES string of the molecule is Nc1cn(Cc2ccc(F)cc2)nc1-c1ccc(Br)s1. The van der Waals surface area contributed by atoms with Crippen molar-refractivity contribution in [2.24, 2.45) is 0 Å². The van der Waals surface area contributed by atoms with Crippen molar-refractivity contribution in [2.45, 2.75) is 6.54 Å². The van der Waals surface area contributed by atoms with Gasteiger partial charge in [0.05, 0.1) is 20.9 Å². The zero-order valence-electron chi connectivity index (χ0n) is 10.4. The first-order valence-corrected chi connectivity index (χ1v) is 7.56. The third-order valence-electron chi connectivity index (χ3n) is 2.85. The van der Waals surface area contributed by atoms with Gasteiger partial charge in [-0.2, -0.15) is 5.10 Å². The fraction of sp³-hybridized carbons (Fsp3) is 0.0714. The van der Waals surface area contributed by atoms with Gasteiger partial charge in [-0.1, -0.05) is 12.1 Å². The van der Waals surface area contributed by atoms with Gasteiger partial charge in [0.2, 0.25) is 0 Å². The molecule has 2 aromatic heterocycles. The highest BCUT2D eigenvalue weighted by Gasteiger charge is 2.11. The Morgan fingerprint density at radius 3 is 2.60 bits per heavy atom. The fourth-order valence-electron chi connectivity index (χ4n) is 1.93. The number of benzene rings is 1. The van der Waals surface area contributed by atoms with Gasteiger partial charge in [0, 0.05) is 6.20 Å². The van der Waals surface area contributed by atoms with Crippen molar-refractivity contribution in [3.63, 3.8) is 0 Å². The Balaban J connectivity index is 1.87. The molecular weight excluding hydrogens is 341 g/mol. The lowest BCUT2D eigenvalue weighted by Gasteiger charge is -2.01. The van der Waals surface area contributed by atoms with Crippen LogP contribution in [0.25, 0.3) is 10.6 Å². The summed E-state index contributed by atoms with van der Waals surface area (Å²) in [5.74, 6) is -0.238. The Bertz CT molecular complexity index is 733. The molecule has 102 valence electrons. The van der Waals surface area contributed by atoms with Crippen molar-refractivity contribution in [2.75, 3.05) is 5.73 Å². The van der Waals surface area contributed by atoms with Gasteiger partial charge in [-0.3, -0.25) is 4.68 Å². The summed E-state index contributed by atoms with van der Waals surface area (Å²) in [6.45, 7) is 0.566. The molecule has 0 radical (unpaired) electrons. The van der Waals surface area contributed by atoms with Crippen LogP contribution in [-0.2, 0) is 6.54 Å². The first kappa shape index (κ1) is 13.3. The summed E-state index contributed by atoms with van der Waals surface area (Å²) in [7, 11) is 0. The van der Waals surface area contributed by atoms with E-state index in [0.29, 0.717) is 12.2 Å². The van der Waals surface area contributed by atoms with Crippen molar-refractivity contribution >= 4 is 33.0 Å². The Kier molecular flexibility index (Phi) is 3.58. The predicted octanol–water partition coefficient (Wildman–Crippen LogP) is 4.14. The molecule has 2 heterocycles. The third-order valence-corrected chi connectivity index (χ3v) is 4.48. The number of anilines is 1. The van der Waals surface area contributed by atoms with Crippen LogP contribution < -0.4 is 5.73 Å². The van der Waals surface area contributed by atoms with Gasteiger partial charge in [0.15, 0.2) is 0 Å². The molecule has 3 aromatic rings. The van der Waals surface area contributed by atoms with Gasteiger partial charge in [0.1, 0.15) is 11.5 Å². The number of hydrogen-bond acceptors (Lipinski definition) is 3. The number of halogens is 2. The van der Waals surface area contributed by atoms with Crippen molar-refractivity contribution in [1.82, 2.24) is 9.78 Å². The highest BCUT2D eigenvalue weighted by Crippen LogP contribution is 2.33. The van der Waals surface area contributed by atoms with Crippen LogP contribution in [0, 0.1) is 5.82 Å². The number of nitrogens with zero attached hydrogens (tertiary/aromatic N) is 2. The summed E-state index contributed by atoms with van der Waals surface area (Å²) in [6.07, 6.45) is 1.80. The van der Waals surface area contributed by atoms with Crippen LogP contribution in [-0.4, -0.2) is 9.78 Å². The van der Waals surface area contributed by atoms with E-state index >= 15 is 0 Å². The fourth-order valence-corrected chi connectivity index (χ4v) is 3.32. The topological polar surface area (TPSA) is 43.8 Å². The van der Waals surface area contributed by atoms with E-state index in [9.17, 15) is 4.39 Å². The number of nitrogens with two attached hydrogens (primary N) is 1. The van der Waals surface area contributed by atoms with Gasteiger partial charge in [0.25, 0.3) is 0 Å². The van der Waals surface area contributed by atoms with E-state index in [1.165, 1.54) is 12.1 Å². The van der Waals surface area contributed by atoms with Crippen LogP contribution in [0.3, 0.4) is 0 Å². The monoisotopic (exact) mass is 351 g/mol. The minimum Gasteiger partial charge on any atom is -0.396 e. The third kappa shape index (κ3) is 2.76. The number of thiophene rings is 1. The highest BCUT2D eigenvalue weighted by molar-refractivity contribution is 9.11. The smallest absolute Gasteiger partial charge is 0.125 e. The van der Waals surface area contributed by atoms with E-state index in [2.05, 4.69) is 21.0 Å². The second-order valence-electron chi connectivity index (χ2n) is 4.36. The molecule has 0 atom stereocenters. The zero-order valence-corrected chi connectivity index (χ0v) is 12.8. The second kappa shape index (κ2) is 5.38. The molecule has 0 fully saturated rings. The van der Waals surface area contributed by atoms with Gasteiger partial charge in [-0.05, 0) is 45.8 Å². The molecule has 0 bridgehead atoms. The molecule has 2 N–H and O–H groups in total. The minimum atomic E-state index is -0.238. The normalized spacial score (nSPS) is 10.9. The Morgan fingerprint density at radius 2 is 1.95 bits per heavy atom. The van der Waals surface area contributed by atoms with Crippen LogP contribution >= 0.6 is 27.3 Å². The summed E-state index contributed by atoms with van der Waals surface area (Å²) in [5, 5.41) is 4.50. The summed E-state index contributed by atoms with van der Waals surface area (Å²) in [5.41, 5.74) is 8.41. The van der Waals surface area contributed by atoms with Gasteiger partial charge < -0.3 is 5.73 Å². The summed E-state index contributed by atoms with van der Waals surface area (Å²) >= 11 is 5.02. The van der Waals surface area contributed by atoms with Crippen molar-refractivity contribution in [1.29, 1.82) is 0 Å².